The molecule has 1 atom stereocenters. The lowest BCUT2D eigenvalue weighted by Gasteiger charge is -2.07. The van der Waals surface area contributed by atoms with Gasteiger partial charge in [0.25, 0.3) is 0 Å². The number of fused-ring (bicyclic) bond motifs is 1. The van der Waals surface area contributed by atoms with Crippen LogP contribution in [0.15, 0.2) is 24.4 Å². The van der Waals surface area contributed by atoms with E-state index in [1.807, 2.05) is 12.3 Å². The van der Waals surface area contributed by atoms with Gasteiger partial charge >= 0.3 is 0 Å². The van der Waals surface area contributed by atoms with Crippen LogP contribution >= 0.6 is 0 Å². The van der Waals surface area contributed by atoms with E-state index in [2.05, 4.69) is 22.3 Å². The van der Waals surface area contributed by atoms with E-state index in [0.29, 0.717) is 6.54 Å². The van der Waals surface area contributed by atoms with Crippen LogP contribution in [0.1, 0.15) is 5.56 Å². The van der Waals surface area contributed by atoms with Crippen LogP contribution in [0.25, 0.3) is 10.9 Å². The van der Waals surface area contributed by atoms with Gasteiger partial charge in [-0.2, -0.15) is 5.10 Å². The molecule has 74 valence electrons. The summed E-state index contributed by atoms with van der Waals surface area (Å²) in [4.78, 5) is 0. The minimum absolute atomic E-state index is 0.0411. The van der Waals surface area contributed by atoms with Gasteiger partial charge in [-0.25, -0.2) is 0 Å². The average molecular weight is 190 g/mol. The zero-order valence-electron chi connectivity index (χ0n) is 7.90. The Morgan fingerprint density at radius 1 is 1.43 bits per heavy atom. The Bertz CT molecular complexity index is 421. The molecule has 0 spiro atoms. The predicted octanol–water partition coefficient (Wildman–Crippen LogP) is 0.391. The van der Waals surface area contributed by atoms with Crippen molar-refractivity contribution in [1.82, 2.24) is 10.2 Å². The summed E-state index contributed by atoms with van der Waals surface area (Å²) in [5.74, 6) is 0. The Morgan fingerprint density at radius 3 is 3.07 bits per heavy atom. The van der Waals surface area contributed by atoms with Crippen LogP contribution < -0.4 is 11.5 Å². The van der Waals surface area contributed by atoms with Gasteiger partial charge in [0.2, 0.25) is 0 Å². The van der Waals surface area contributed by atoms with Crippen LogP contribution in [0.4, 0.5) is 0 Å². The summed E-state index contributed by atoms with van der Waals surface area (Å²) in [6.45, 7) is 0.517. The largest absolute Gasteiger partial charge is 0.329 e. The van der Waals surface area contributed by atoms with Gasteiger partial charge in [0.05, 0.1) is 11.7 Å². The maximum Gasteiger partial charge on any atom is 0.0650 e. The Hall–Kier alpha value is -1.39. The SMILES string of the molecule is NCC(N)Cc1ccc2[nH]ncc2c1. The first-order chi connectivity index (χ1) is 6.79. The van der Waals surface area contributed by atoms with Gasteiger partial charge in [-0.05, 0) is 24.1 Å². The summed E-state index contributed by atoms with van der Waals surface area (Å²) in [6.07, 6.45) is 2.63. The molecule has 5 N–H and O–H groups in total. The number of nitrogens with one attached hydrogen (secondary N) is 1. The molecule has 0 fully saturated rings. The van der Waals surface area contributed by atoms with Gasteiger partial charge in [0, 0.05) is 18.0 Å². The Kier molecular flexibility index (Phi) is 2.47. The normalized spacial score (nSPS) is 13.3. The molecule has 1 aromatic heterocycles. The van der Waals surface area contributed by atoms with Crippen molar-refractivity contribution in [3.63, 3.8) is 0 Å². The van der Waals surface area contributed by atoms with E-state index in [-0.39, 0.29) is 6.04 Å². The van der Waals surface area contributed by atoms with Crippen molar-refractivity contribution in [3.05, 3.63) is 30.0 Å². The summed E-state index contributed by atoms with van der Waals surface area (Å²) >= 11 is 0. The Labute approximate surface area is 82.3 Å². The summed E-state index contributed by atoms with van der Waals surface area (Å²) in [7, 11) is 0. The summed E-state index contributed by atoms with van der Waals surface area (Å²) < 4.78 is 0. The van der Waals surface area contributed by atoms with Crippen molar-refractivity contribution in [3.8, 4) is 0 Å². The number of hydrogen-bond donors (Lipinski definition) is 3. The maximum absolute atomic E-state index is 5.78. The van der Waals surface area contributed by atoms with Crippen molar-refractivity contribution >= 4 is 10.9 Å². The molecule has 0 saturated carbocycles. The van der Waals surface area contributed by atoms with Gasteiger partial charge < -0.3 is 11.5 Å². The monoisotopic (exact) mass is 190 g/mol. The molecule has 2 aromatic rings. The predicted molar refractivity (Wildman–Crippen MR) is 56.8 cm³/mol. The molecule has 0 aliphatic carbocycles. The number of nitrogens with two attached hydrogens (primary N) is 2. The lowest BCUT2D eigenvalue weighted by Crippen LogP contribution is -2.31. The topological polar surface area (TPSA) is 80.7 Å². The van der Waals surface area contributed by atoms with E-state index in [0.717, 1.165) is 17.3 Å². The third-order valence-corrected chi connectivity index (χ3v) is 2.31. The third kappa shape index (κ3) is 1.76. The van der Waals surface area contributed by atoms with Crippen LogP contribution in [-0.2, 0) is 6.42 Å². The molecular formula is C10H14N4. The maximum atomic E-state index is 5.78. The highest BCUT2D eigenvalue weighted by Crippen LogP contribution is 2.13. The molecule has 1 aromatic carbocycles. The minimum Gasteiger partial charge on any atom is -0.329 e. The van der Waals surface area contributed by atoms with Crippen molar-refractivity contribution in [2.24, 2.45) is 11.5 Å². The quantitative estimate of drug-likeness (QED) is 0.655. The number of hydrogen-bond acceptors (Lipinski definition) is 3. The standard InChI is InChI=1S/C10H14N4/c11-5-9(12)4-7-1-2-10-8(3-7)6-13-14-10/h1-3,6,9H,4-5,11-12H2,(H,13,14). The second kappa shape index (κ2) is 3.77. The van der Waals surface area contributed by atoms with E-state index < -0.39 is 0 Å². The molecule has 1 heterocycles. The minimum atomic E-state index is 0.0411. The number of benzene rings is 1. The molecule has 0 saturated heterocycles. The van der Waals surface area contributed by atoms with Gasteiger partial charge in [-0.1, -0.05) is 6.07 Å². The molecule has 0 aliphatic heterocycles. The first-order valence-corrected chi connectivity index (χ1v) is 4.67. The van der Waals surface area contributed by atoms with E-state index in [1.54, 1.807) is 0 Å². The van der Waals surface area contributed by atoms with Gasteiger partial charge in [-0.3, -0.25) is 5.10 Å². The molecule has 2 rings (SSSR count). The molecule has 14 heavy (non-hydrogen) atoms. The number of H-pyrrole nitrogens is 1. The molecule has 0 amide bonds. The van der Waals surface area contributed by atoms with Gasteiger partial charge in [-0.15, -0.1) is 0 Å². The zero-order valence-corrected chi connectivity index (χ0v) is 7.90. The van der Waals surface area contributed by atoms with Crippen molar-refractivity contribution < 1.29 is 0 Å². The second-order valence-electron chi connectivity index (χ2n) is 3.49. The number of rotatable bonds is 3. The smallest absolute Gasteiger partial charge is 0.0650 e. The Balaban J connectivity index is 2.25. The molecule has 4 nitrogen and oxygen atoms in total. The summed E-state index contributed by atoms with van der Waals surface area (Å²) in [5, 5.41) is 7.99. The van der Waals surface area contributed by atoms with Gasteiger partial charge in [0.1, 0.15) is 0 Å². The lowest BCUT2D eigenvalue weighted by atomic mass is 10.1. The van der Waals surface area contributed by atoms with E-state index in [1.165, 1.54) is 5.56 Å². The van der Waals surface area contributed by atoms with E-state index in [9.17, 15) is 0 Å². The Morgan fingerprint density at radius 2 is 2.29 bits per heavy atom. The van der Waals surface area contributed by atoms with Crippen molar-refractivity contribution in [2.45, 2.75) is 12.5 Å². The number of aromatic nitrogens is 2. The average Bonchev–Trinajstić information content (AvgIpc) is 2.64. The van der Waals surface area contributed by atoms with Crippen molar-refractivity contribution in [2.75, 3.05) is 6.54 Å². The molecule has 4 heteroatoms. The van der Waals surface area contributed by atoms with E-state index in [4.69, 9.17) is 11.5 Å². The fourth-order valence-corrected chi connectivity index (χ4v) is 1.51. The molecule has 1 unspecified atom stereocenters. The van der Waals surface area contributed by atoms with Crippen LogP contribution in [-0.4, -0.2) is 22.8 Å². The number of aromatic amines is 1. The first-order valence-electron chi connectivity index (χ1n) is 4.67. The highest BCUT2D eigenvalue weighted by Gasteiger charge is 2.03. The summed E-state index contributed by atoms with van der Waals surface area (Å²) in [6, 6.07) is 6.20. The summed E-state index contributed by atoms with van der Waals surface area (Å²) in [5.41, 5.74) is 13.5. The third-order valence-electron chi connectivity index (χ3n) is 2.31. The number of nitrogens with zero attached hydrogens (tertiary/aromatic N) is 1. The fourth-order valence-electron chi connectivity index (χ4n) is 1.51. The van der Waals surface area contributed by atoms with Crippen molar-refractivity contribution in [1.29, 1.82) is 0 Å². The zero-order chi connectivity index (χ0) is 9.97. The van der Waals surface area contributed by atoms with Crippen LogP contribution in [0.2, 0.25) is 0 Å². The molecule has 0 bridgehead atoms. The van der Waals surface area contributed by atoms with Crippen LogP contribution in [0.3, 0.4) is 0 Å². The molecular weight excluding hydrogens is 176 g/mol. The van der Waals surface area contributed by atoms with Crippen LogP contribution in [0, 0.1) is 0 Å². The first kappa shape index (κ1) is 9.18. The molecule has 0 aliphatic rings. The fraction of sp³-hybridized carbons (Fsp3) is 0.300. The lowest BCUT2D eigenvalue weighted by molar-refractivity contribution is 0.679. The van der Waals surface area contributed by atoms with Crippen LogP contribution in [0.5, 0.6) is 0 Å². The van der Waals surface area contributed by atoms with Gasteiger partial charge in [0.15, 0.2) is 0 Å². The van der Waals surface area contributed by atoms with E-state index >= 15 is 0 Å². The highest BCUT2D eigenvalue weighted by molar-refractivity contribution is 5.78. The highest BCUT2D eigenvalue weighted by atomic mass is 15.1. The second-order valence-corrected chi connectivity index (χ2v) is 3.49. The molecule has 0 radical (unpaired) electrons.